The molecular weight excluding hydrogens is 270 g/mol. The minimum Gasteiger partial charge on any atom is -0.392 e. The minimum atomic E-state index is -0.190. The van der Waals surface area contributed by atoms with Crippen LogP contribution in [0.15, 0.2) is 24.3 Å². The molecule has 0 heterocycles. The maximum Gasteiger partial charge on any atom is 0.238 e. The molecule has 0 aliphatic heterocycles. The number of halogens is 1. The number of rotatable bonds is 4. The molecule has 0 spiro atoms. The van der Waals surface area contributed by atoms with Gasteiger partial charge in [-0.15, -0.1) is 0 Å². The number of anilines is 1. The lowest BCUT2D eigenvalue weighted by Gasteiger charge is -2.13. The predicted molar refractivity (Wildman–Crippen MR) is 68.5 cm³/mol. The molecular formula is C12H16BrNO2. The van der Waals surface area contributed by atoms with Gasteiger partial charge in [0, 0.05) is 5.69 Å². The molecule has 0 aliphatic carbocycles. The molecule has 0 aliphatic rings. The van der Waals surface area contributed by atoms with Crippen molar-refractivity contribution in [1.29, 1.82) is 0 Å². The van der Waals surface area contributed by atoms with Crippen molar-refractivity contribution in [3.05, 3.63) is 29.8 Å². The van der Waals surface area contributed by atoms with Crippen LogP contribution in [0.1, 0.15) is 19.4 Å². The van der Waals surface area contributed by atoms with E-state index in [1.54, 1.807) is 24.3 Å². The van der Waals surface area contributed by atoms with Gasteiger partial charge in [-0.3, -0.25) is 4.79 Å². The molecule has 4 heteroatoms. The van der Waals surface area contributed by atoms with Crippen molar-refractivity contribution < 1.29 is 9.90 Å². The SMILES string of the molecule is CC(C)C(Br)C(=O)Nc1ccc(CO)cc1. The molecule has 0 bridgehead atoms. The summed E-state index contributed by atoms with van der Waals surface area (Å²) in [6.45, 7) is 3.98. The van der Waals surface area contributed by atoms with Gasteiger partial charge in [0.05, 0.1) is 11.4 Å². The number of hydrogen-bond donors (Lipinski definition) is 2. The number of carbonyl (C=O) groups excluding carboxylic acids is 1. The highest BCUT2D eigenvalue weighted by Gasteiger charge is 2.18. The average Bonchev–Trinajstić information content (AvgIpc) is 2.28. The number of nitrogens with one attached hydrogen (secondary N) is 1. The first kappa shape index (κ1) is 13.2. The fraction of sp³-hybridized carbons (Fsp3) is 0.417. The summed E-state index contributed by atoms with van der Waals surface area (Å²) in [6.07, 6.45) is 0. The van der Waals surface area contributed by atoms with Crippen molar-refractivity contribution in [3.8, 4) is 0 Å². The van der Waals surface area contributed by atoms with Gasteiger partial charge < -0.3 is 10.4 Å². The van der Waals surface area contributed by atoms with E-state index in [1.807, 2.05) is 13.8 Å². The van der Waals surface area contributed by atoms with Gasteiger partial charge in [0.2, 0.25) is 5.91 Å². The lowest BCUT2D eigenvalue weighted by molar-refractivity contribution is -0.116. The minimum absolute atomic E-state index is 0.0152. The van der Waals surface area contributed by atoms with Crippen LogP contribution >= 0.6 is 15.9 Å². The van der Waals surface area contributed by atoms with Crippen LogP contribution in [0, 0.1) is 5.92 Å². The van der Waals surface area contributed by atoms with Crippen LogP contribution in [0.4, 0.5) is 5.69 Å². The molecule has 0 fully saturated rings. The van der Waals surface area contributed by atoms with Gasteiger partial charge in [0.1, 0.15) is 0 Å². The molecule has 1 aromatic rings. The molecule has 88 valence electrons. The molecule has 2 N–H and O–H groups in total. The van der Waals surface area contributed by atoms with Crippen molar-refractivity contribution in [2.45, 2.75) is 25.3 Å². The molecule has 16 heavy (non-hydrogen) atoms. The highest BCUT2D eigenvalue weighted by Crippen LogP contribution is 2.16. The molecule has 0 radical (unpaired) electrons. The second kappa shape index (κ2) is 6.01. The zero-order chi connectivity index (χ0) is 12.1. The third-order valence-electron chi connectivity index (χ3n) is 2.24. The van der Waals surface area contributed by atoms with E-state index < -0.39 is 0 Å². The van der Waals surface area contributed by atoms with Crippen molar-refractivity contribution in [1.82, 2.24) is 0 Å². The van der Waals surface area contributed by atoms with E-state index in [9.17, 15) is 4.79 Å². The van der Waals surface area contributed by atoms with Gasteiger partial charge in [0.15, 0.2) is 0 Å². The van der Waals surface area contributed by atoms with Crippen molar-refractivity contribution in [2.75, 3.05) is 5.32 Å². The zero-order valence-electron chi connectivity index (χ0n) is 9.40. The largest absolute Gasteiger partial charge is 0.392 e. The number of aliphatic hydroxyl groups is 1. The normalized spacial score (nSPS) is 12.6. The van der Waals surface area contributed by atoms with E-state index in [1.165, 1.54) is 0 Å². The Balaban J connectivity index is 2.62. The average molecular weight is 286 g/mol. The first-order chi connectivity index (χ1) is 7.54. The molecule has 0 saturated heterocycles. The smallest absolute Gasteiger partial charge is 0.238 e. The maximum absolute atomic E-state index is 11.7. The number of aliphatic hydroxyl groups excluding tert-OH is 1. The molecule has 1 atom stereocenters. The molecule has 0 saturated carbocycles. The summed E-state index contributed by atoms with van der Waals surface area (Å²) in [6, 6.07) is 7.13. The van der Waals surface area contributed by atoms with E-state index in [0.29, 0.717) is 0 Å². The van der Waals surface area contributed by atoms with Crippen LogP contribution in [0.2, 0.25) is 0 Å². The lowest BCUT2D eigenvalue weighted by atomic mass is 10.1. The number of hydrogen-bond acceptors (Lipinski definition) is 2. The Labute approximate surface area is 104 Å². The molecule has 1 rings (SSSR count). The molecule has 1 aromatic carbocycles. The topological polar surface area (TPSA) is 49.3 Å². The van der Waals surface area contributed by atoms with Crippen molar-refractivity contribution >= 4 is 27.5 Å². The van der Waals surface area contributed by atoms with E-state index in [-0.39, 0.29) is 23.3 Å². The summed E-state index contributed by atoms with van der Waals surface area (Å²) in [4.78, 5) is 11.5. The van der Waals surface area contributed by atoms with E-state index >= 15 is 0 Å². The van der Waals surface area contributed by atoms with Crippen LogP contribution in [0.25, 0.3) is 0 Å². The summed E-state index contributed by atoms with van der Waals surface area (Å²) in [5.74, 6) is 0.198. The third kappa shape index (κ3) is 3.61. The van der Waals surface area contributed by atoms with Crippen LogP contribution in [0.5, 0.6) is 0 Å². The lowest BCUT2D eigenvalue weighted by Crippen LogP contribution is -2.26. The second-order valence-electron chi connectivity index (χ2n) is 3.99. The quantitative estimate of drug-likeness (QED) is 0.836. The van der Waals surface area contributed by atoms with Crippen LogP contribution in [0.3, 0.4) is 0 Å². The fourth-order valence-corrected chi connectivity index (χ4v) is 1.32. The zero-order valence-corrected chi connectivity index (χ0v) is 11.0. The number of carbonyl (C=O) groups is 1. The Morgan fingerprint density at radius 3 is 2.38 bits per heavy atom. The Kier molecular flexibility index (Phi) is 4.96. The number of benzene rings is 1. The van der Waals surface area contributed by atoms with Gasteiger partial charge in [-0.05, 0) is 23.6 Å². The van der Waals surface area contributed by atoms with Gasteiger partial charge in [-0.25, -0.2) is 0 Å². The Hall–Kier alpha value is -0.870. The summed E-state index contributed by atoms with van der Waals surface area (Å²) in [5.41, 5.74) is 1.57. The second-order valence-corrected chi connectivity index (χ2v) is 4.98. The monoisotopic (exact) mass is 285 g/mol. The highest BCUT2D eigenvalue weighted by molar-refractivity contribution is 9.10. The van der Waals surface area contributed by atoms with Crippen molar-refractivity contribution in [3.63, 3.8) is 0 Å². The Morgan fingerprint density at radius 2 is 1.94 bits per heavy atom. The number of amides is 1. The first-order valence-corrected chi connectivity index (χ1v) is 6.11. The summed E-state index contributed by atoms with van der Waals surface area (Å²) in [5, 5.41) is 11.7. The Bertz CT molecular complexity index is 349. The van der Waals surface area contributed by atoms with E-state index in [2.05, 4.69) is 21.2 Å². The number of alkyl halides is 1. The van der Waals surface area contributed by atoms with E-state index in [0.717, 1.165) is 11.3 Å². The summed E-state index contributed by atoms with van der Waals surface area (Å²) >= 11 is 3.34. The van der Waals surface area contributed by atoms with Crippen LogP contribution < -0.4 is 5.32 Å². The maximum atomic E-state index is 11.7. The van der Waals surface area contributed by atoms with Crippen molar-refractivity contribution in [2.24, 2.45) is 5.92 Å². The Morgan fingerprint density at radius 1 is 1.38 bits per heavy atom. The molecule has 3 nitrogen and oxygen atoms in total. The van der Waals surface area contributed by atoms with E-state index in [4.69, 9.17) is 5.11 Å². The van der Waals surface area contributed by atoms with Gasteiger partial charge in [-0.2, -0.15) is 0 Å². The third-order valence-corrected chi connectivity index (χ3v) is 3.71. The van der Waals surface area contributed by atoms with Crippen LogP contribution in [-0.2, 0) is 11.4 Å². The molecule has 0 aromatic heterocycles. The predicted octanol–water partition coefficient (Wildman–Crippen LogP) is 2.54. The fourth-order valence-electron chi connectivity index (χ4n) is 1.21. The highest BCUT2D eigenvalue weighted by atomic mass is 79.9. The summed E-state index contributed by atoms with van der Waals surface area (Å²) < 4.78 is 0. The van der Waals surface area contributed by atoms with Gasteiger partial charge >= 0.3 is 0 Å². The van der Waals surface area contributed by atoms with Gasteiger partial charge in [-0.1, -0.05) is 41.9 Å². The van der Waals surface area contributed by atoms with Gasteiger partial charge in [0.25, 0.3) is 0 Å². The summed E-state index contributed by atoms with van der Waals surface area (Å²) in [7, 11) is 0. The first-order valence-electron chi connectivity index (χ1n) is 5.19. The molecule has 1 unspecified atom stereocenters. The standard InChI is InChI=1S/C12H16BrNO2/c1-8(2)11(13)12(16)14-10-5-3-9(7-15)4-6-10/h3-6,8,11,15H,7H2,1-2H3,(H,14,16). The van der Waals surface area contributed by atoms with Crippen LogP contribution in [-0.4, -0.2) is 15.8 Å². The molecule has 1 amide bonds.